The van der Waals surface area contributed by atoms with Gasteiger partial charge >= 0.3 is 0 Å². The molecular formula is C22H20N4S. The molecule has 5 rings (SSSR count). The number of nitrogens with one attached hydrogen (secondary N) is 1. The molecule has 2 aromatic heterocycles. The monoisotopic (exact) mass is 372 g/mol. The van der Waals surface area contributed by atoms with E-state index in [9.17, 15) is 0 Å². The van der Waals surface area contributed by atoms with Crippen LogP contribution in [0, 0.1) is 0 Å². The van der Waals surface area contributed by atoms with Gasteiger partial charge in [-0.05, 0) is 60.6 Å². The van der Waals surface area contributed by atoms with E-state index >= 15 is 0 Å². The number of rotatable bonds is 3. The standard InChI is InChI=1S/C22H20N4S/c1-14(16-11-10-15-6-2-3-7-17(15)12-16)25-26-21-20-18-8-4-5-9-19(18)27-22(20)24-13-23-21/h2-3,6-7,10-13H,4-5,8-9H2,1H3,(H,23,24,26)/b25-14+. The van der Waals surface area contributed by atoms with E-state index in [-0.39, 0.29) is 0 Å². The molecule has 0 fully saturated rings. The first-order chi connectivity index (χ1) is 13.3. The fourth-order valence-electron chi connectivity index (χ4n) is 3.79. The van der Waals surface area contributed by atoms with Gasteiger partial charge in [-0.1, -0.05) is 36.4 Å². The fraction of sp³-hybridized carbons (Fsp3) is 0.227. The molecule has 0 aliphatic heterocycles. The highest BCUT2D eigenvalue weighted by Crippen LogP contribution is 2.38. The minimum Gasteiger partial charge on any atom is -0.260 e. The summed E-state index contributed by atoms with van der Waals surface area (Å²) >= 11 is 1.81. The quantitative estimate of drug-likeness (QED) is 0.378. The summed E-state index contributed by atoms with van der Waals surface area (Å²) in [5.41, 5.74) is 6.68. The third-order valence-corrected chi connectivity index (χ3v) is 6.45. The van der Waals surface area contributed by atoms with Gasteiger partial charge in [-0.3, -0.25) is 5.43 Å². The predicted molar refractivity (Wildman–Crippen MR) is 114 cm³/mol. The van der Waals surface area contributed by atoms with Crippen LogP contribution in [0.1, 0.15) is 35.8 Å². The van der Waals surface area contributed by atoms with E-state index in [0.29, 0.717) is 0 Å². The van der Waals surface area contributed by atoms with Gasteiger partial charge in [0.15, 0.2) is 5.82 Å². The average Bonchev–Trinajstić information content (AvgIpc) is 3.11. The first-order valence-electron chi connectivity index (χ1n) is 9.34. The number of fused-ring (bicyclic) bond motifs is 4. The van der Waals surface area contributed by atoms with Gasteiger partial charge in [-0.2, -0.15) is 5.10 Å². The summed E-state index contributed by atoms with van der Waals surface area (Å²) in [5.74, 6) is 0.819. The molecule has 0 spiro atoms. The van der Waals surface area contributed by atoms with E-state index in [2.05, 4.69) is 63.0 Å². The maximum absolute atomic E-state index is 4.63. The highest BCUT2D eigenvalue weighted by molar-refractivity contribution is 7.19. The highest BCUT2D eigenvalue weighted by Gasteiger charge is 2.19. The summed E-state index contributed by atoms with van der Waals surface area (Å²) in [7, 11) is 0. The Morgan fingerprint density at radius 3 is 2.81 bits per heavy atom. The number of thiophene rings is 1. The molecule has 1 N–H and O–H groups in total. The third-order valence-electron chi connectivity index (χ3n) is 5.25. The largest absolute Gasteiger partial charge is 0.260 e. The van der Waals surface area contributed by atoms with Crippen molar-refractivity contribution in [2.45, 2.75) is 32.6 Å². The number of aryl methyl sites for hydroxylation is 2. The van der Waals surface area contributed by atoms with Crippen molar-refractivity contribution in [2.75, 3.05) is 5.43 Å². The van der Waals surface area contributed by atoms with E-state index in [1.54, 1.807) is 17.7 Å². The SMILES string of the molecule is C/C(=N\Nc1ncnc2sc3c(c12)CCCC3)c1ccc2ccccc2c1. The van der Waals surface area contributed by atoms with Crippen LogP contribution in [0.5, 0.6) is 0 Å². The highest BCUT2D eigenvalue weighted by atomic mass is 32.1. The Kier molecular flexibility index (Phi) is 4.09. The number of hydrogen-bond donors (Lipinski definition) is 1. The Labute approximate surface area is 162 Å². The van der Waals surface area contributed by atoms with Crippen molar-refractivity contribution >= 4 is 43.9 Å². The van der Waals surface area contributed by atoms with E-state index in [0.717, 1.165) is 40.2 Å². The molecule has 27 heavy (non-hydrogen) atoms. The molecule has 0 saturated carbocycles. The van der Waals surface area contributed by atoms with Gasteiger partial charge in [-0.15, -0.1) is 11.3 Å². The molecular weight excluding hydrogens is 352 g/mol. The molecule has 1 aliphatic carbocycles. The lowest BCUT2D eigenvalue weighted by molar-refractivity contribution is 0.700. The lowest BCUT2D eigenvalue weighted by Crippen LogP contribution is -2.03. The van der Waals surface area contributed by atoms with Crippen LogP contribution in [0.3, 0.4) is 0 Å². The second-order valence-corrected chi connectivity index (χ2v) is 8.07. The van der Waals surface area contributed by atoms with Crippen LogP contribution in [0.2, 0.25) is 0 Å². The van der Waals surface area contributed by atoms with E-state index in [4.69, 9.17) is 0 Å². The normalized spacial score (nSPS) is 14.5. The molecule has 1 aliphatic rings. The van der Waals surface area contributed by atoms with Crippen LogP contribution in [-0.4, -0.2) is 15.7 Å². The maximum atomic E-state index is 4.63. The van der Waals surface area contributed by atoms with E-state index in [1.807, 2.05) is 6.92 Å². The van der Waals surface area contributed by atoms with Gasteiger partial charge in [0.1, 0.15) is 11.2 Å². The Balaban J connectivity index is 1.50. The number of hydrogen-bond acceptors (Lipinski definition) is 5. The lowest BCUT2D eigenvalue weighted by Gasteiger charge is -2.11. The summed E-state index contributed by atoms with van der Waals surface area (Å²) in [6.45, 7) is 2.03. The molecule has 2 heterocycles. The van der Waals surface area contributed by atoms with Gasteiger partial charge in [0.25, 0.3) is 0 Å². The fourth-order valence-corrected chi connectivity index (χ4v) is 5.02. The van der Waals surface area contributed by atoms with Crippen molar-refractivity contribution in [1.29, 1.82) is 0 Å². The molecule has 2 aromatic carbocycles. The summed E-state index contributed by atoms with van der Waals surface area (Å²) in [5, 5.41) is 8.25. The van der Waals surface area contributed by atoms with Crippen LogP contribution in [0.4, 0.5) is 5.82 Å². The summed E-state index contributed by atoms with van der Waals surface area (Å²) < 4.78 is 0. The van der Waals surface area contributed by atoms with Gasteiger partial charge in [0.2, 0.25) is 0 Å². The molecule has 4 nitrogen and oxygen atoms in total. The van der Waals surface area contributed by atoms with E-state index in [1.165, 1.54) is 34.1 Å². The number of anilines is 1. The van der Waals surface area contributed by atoms with Gasteiger partial charge in [-0.25, -0.2) is 9.97 Å². The second kappa shape index (κ2) is 6.74. The molecule has 0 unspecified atom stereocenters. The molecule has 5 heteroatoms. The number of hydrazone groups is 1. The van der Waals surface area contributed by atoms with Crippen LogP contribution >= 0.6 is 11.3 Å². The van der Waals surface area contributed by atoms with Gasteiger partial charge in [0.05, 0.1) is 11.1 Å². The van der Waals surface area contributed by atoms with Crippen LogP contribution in [-0.2, 0) is 12.8 Å². The molecule has 0 radical (unpaired) electrons. The maximum Gasteiger partial charge on any atom is 0.158 e. The summed E-state index contributed by atoms with van der Waals surface area (Å²) in [6, 6.07) is 14.8. The number of benzene rings is 2. The molecule has 0 saturated heterocycles. The Bertz CT molecular complexity index is 1180. The van der Waals surface area contributed by atoms with E-state index < -0.39 is 0 Å². The lowest BCUT2D eigenvalue weighted by atomic mass is 9.97. The molecule has 0 atom stereocenters. The van der Waals surface area contributed by atoms with Crippen molar-refractivity contribution < 1.29 is 0 Å². The minimum atomic E-state index is 0.819. The molecule has 0 amide bonds. The first kappa shape index (κ1) is 16.4. The zero-order valence-corrected chi connectivity index (χ0v) is 16.0. The van der Waals surface area contributed by atoms with Crippen LogP contribution in [0.25, 0.3) is 21.0 Å². The van der Waals surface area contributed by atoms with Crippen LogP contribution < -0.4 is 5.43 Å². The Morgan fingerprint density at radius 2 is 1.89 bits per heavy atom. The predicted octanol–water partition coefficient (Wildman–Crippen LogP) is 5.56. The smallest absolute Gasteiger partial charge is 0.158 e. The Morgan fingerprint density at radius 1 is 1.04 bits per heavy atom. The van der Waals surface area contributed by atoms with Crippen molar-refractivity contribution in [3.05, 3.63) is 64.8 Å². The van der Waals surface area contributed by atoms with Crippen molar-refractivity contribution in [3.63, 3.8) is 0 Å². The van der Waals surface area contributed by atoms with Gasteiger partial charge < -0.3 is 0 Å². The minimum absolute atomic E-state index is 0.819. The second-order valence-electron chi connectivity index (χ2n) is 6.98. The van der Waals surface area contributed by atoms with Crippen molar-refractivity contribution in [3.8, 4) is 0 Å². The number of nitrogens with zero attached hydrogens (tertiary/aromatic N) is 3. The third kappa shape index (κ3) is 2.98. The summed E-state index contributed by atoms with van der Waals surface area (Å²) in [4.78, 5) is 11.5. The number of aromatic nitrogens is 2. The van der Waals surface area contributed by atoms with Crippen molar-refractivity contribution in [1.82, 2.24) is 9.97 Å². The van der Waals surface area contributed by atoms with Crippen LogP contribution in [0.15, 0.2) is 53.9 Å². The van der Waals surface area contributed by atoms with Crippen molar-refractivity contribution in [2.24, 2.45) is 5.10 Å². The first-order valence-corrected chi connectivity index (χ1v) is 10.2. The zero-order chi connectivity index (χ0) is 18.2. The van der Waals surface area contributed by atoms with Gasteiger partial charge in [0, 0.05) is 4.88 Å². The average molecular weight is 372 g/mol. The topological polar surface area (TPSA) is 50.2 Å². The molecule has 134 valence electrons. The summed E-state index contributed by atoms with van der Waals surface area (Å²) in [6.07, 6.45) is 6.43. The zero-order valence-electron chi connectivity index (χ0n) is 15.2. The molecule has 4 aromatic rings. The molecule has 0 bridgehead atoms. The Hall–Kier alpha value is -2.79.